The van der Waals surface area contributed by atoms with Crippen molar-refractivity contribution in [3.8, 4) is 0 Å². The van der Waals surface area contributed by atoms with Crippen molar-refractivity contribution < 1.29 is 9.53 Å². The third-order valence-electron chi connectivity index (χ3n) is 3.70. The Hall–Kier alpha value is -1.60. The van der Waals surface area contributed by atoms with Crippen LogP contribution in [0.25, 0.3) is 10.2 Å². The summed E-state index contributed by atoms with van der Waals surface area (Å²) in [6, 6.07) is 2.09. The molecule has 2 aromatic rings. The van der Waals surface area contributed by atoms with Gasteiger partial charge in [0.05, 0.1) is 5.39 Å². The molecule has 24 heavy (non-hydrogen) atoms. The molecular weight excluding hydrogens is 348 g/mol. The van der Waals surface area contributed by atoms with Crippen LogP contribution < -0.4 is 4.90 Å². The second-order valence-corrected chi connectivity index (χ2v) is 8.42. The van der Waals surface area contributed by atoms with Gasteiger partial charge in [-0.25, -0.2) is 9.78 Å². The van der Waals surface area contributed by atoms with Gasteiger partial charge in [-0.2, -0.15) is 4.98 Å². The molecule has 0 aromatic carbocycles. The third kappa shape index (κ3) is 3.72. The van der Waals surface area contributed by atoms with Crippen molar-refractivity contribution in [1.29, 1.82) is 0 Å². The maximum atomic E-state index is 12.2. The number of aromatic nitrogens is 2. The van der Waals surface area contributed by atoms with Crippen molar-refractivity contribution in [1.82, 2.24) is 14.9 Å². The first-order valence-electron chi connectivity index (χ1n) is 7.89. The first-order valence-corrected chi connectivity index (χ1v) is 9.09. The van der Waals surface area contributed by atoms with Crippen LogP contribution in [0.5, 0.6) is 0 Å². The fourth-order valence-corrected chi connectivity index (χ4v) is 3.76. The number of aryl methyl sites for hydroxylation is 1. The van der Waals surface area contributed by atoms with Crippen LogP contribution in [0.1, 0.15) is 25.6 Å². The summed E-state index contributed by atoms with van der Waals surface area (Å²) >= 11 is 7.69. The van der Waals surface area contributed by atoms with E-state index in [9.17, 15) is 4.79 Å². The van der Waals surface area contributed by atoms with E-state index in [1.807, 2.05) is 27.7 Å². The van der Waals surface area contributed by atoms with Gasteiger partial charge in [-0.05, 0) is 45.4 Å². The SMILES string of the molecule is Cc1cc2c(N3CCN(C(=O)OC(C)(C)C)CC3)nc(Cl)nc2s1. The fraction of sp³-hybridized carbons (Fsp3) is 0.562. The van der Waals surface area contributed by atoms with E-state index in [0.717, 1.165) is 16.0 Å². The average Bonchev–Trinajstić information content (AvgIpc) is 2.84. The topological polar surface area (TPSA) is 58.6 Å². The van der Waals surface area contributed by atoms with Gasteiger partial charge in [0.15, 0.2) is 0 Å². The van der Waals surface area contributed by atoms with Crippen LogP contribution in [-0.4, -0.2) is 52.7 Å². The molecule has 8 heteroatoms. The maximum Gasteiger partial charge on any atom is 0.410 e. The monoisotopic (exact) mass is 368 g/mol. The number of nitrogens with zero attached hydrogens (tertiary/aromatic N) is 4. The molecular formula is C16H21ClN4O2S. The number of hydrogen-bond acceptors (Lipinski definition) is 6. The van der Waals surface area contributed by atoms with E-state index in [2.05, 4.69) is 20.9 Å². The molecule has 0 bridgehead atoms. The quantitative estimate of drug-likeness (QED) is 0.718. The van der Waals surface area contributed by atoms with Crippen LogP contribution in [0.2, 0.25) is 5.28 Å². The Bertz CT molecular complexity index is 763. The molecule has 0 spiro atoms. The van der Waals surface area contributed by atoms with Crippen LogP contribution in [-0.2, 0) is 4.74 Å². The first kappa shape index (κ1) is 17.2. The summed E-state index contributed by atoms with van der Waals surface area (Å²) in [5, 5.41) is 1.28. The summed E-state index contributed by atoms with van der Waals surface area (Å²) in [5.74, 6) is 0.846. The van der Waals surface area contributed by atoms with Crippen molar-refractivity contribution in [3.63, 3.8) is 0 Å². The highest BCUT2D eigenvalue weighted by Crippen LogP contribution is 2.32. The van der Waals surface area contributed by atoms with Gasteiger partial charge in [0, 0.05) is 31.1 Å². The van der Waals surface area contributed by atoms with Gasteiger partial charge in [-0.3, -0.25) is 0 Å². The molecule has 0 unspecified atom stereocenters. The second-order valence-electron chi connectivity index (χ2n) is 6.85. The Labute approximate surface area is 150 Å². The predicted octanol–water partition coefficient (Wildman–Crippen LogP) is 3.71. The summed E-state index contributed by atoms with van der Waals surface area (Å²) in [6.07, 6.45) is -0.264. The highest BCUT2D eigenvalue weighted by molar-refractivity contribution is 7.18. The predicted molar refractivity (Wildman–Crippen MR) is 97.2 cm³/mol. The Balaban J connectivity index is 1.74. The molecule has 0 atom stereocenters. The lowest BCUT2D eigenvalue weighted by molar-refractivity contribution is 0.0240. The van der Waals surface area contributed by atoms with Crippen LogP contribution in [0.4, 0.5) is 10.6 Å². The minimum atomic E-state index is -0.477. The lowest BCUT2D eigenvalue weighted by Gasteiger charge is -2.36. The van der Waals surface area contributed by atoms with Gasteiger partial charge in [0.1, 0.15) is 16.2 Å². The summed E-state index contributed by atoms with van der Waals surface area (Å²) in [6.45, 7) is 10.2. The molecule has 3 heterocycles. The van der Waals surface area contributed by atoms with Crippen molar-refractivity contribution in [2.45, 2.75) is 33.3 Å². The summed E-state index contributed by atoms with van der Waals surface area (Å²) in [5.41, 5.74) is -0.477. The fourth-order valence-electron chi connectivity index (χ4n) is 2.67. The third-order valence-corrected chi connectivity index (χ3v) is 4.81. The second kappa shape index (κ2) is 6.37. The summed E-state index contributed by atoms with van der Waals surface area (Å²) < 4.78 is 5.43. The Morgan fingerprint density at radius 3 is 2.54 bits per heavy atom. The van der Waals surface area contributed by atoms with Gasteiger partial charge in [0.2, 0.25) is 5.28 Å². The van der Waals surface area contributed by atoms with Gasteiger partial charge in [-0.15, -0.1) is 11.3 Å². The molecule has 1 aliphatic heterocycles. The number of carbonyl (C=O) groups is 1. The lowest BCUT2D eigenvalue weighted by Crippen LogP contribution is -2.50. The average molecular weight is 369 g/mol. The number of fused-ring (bicyclic) bond motifs is 1. The zero-order valence-electron chi connectivity index (χ0n) is 14.3. The normalized spacial score (nSPS) is 15.9. The molecule has 0 saturated carbocycles. The molecule has 2 aromatic heterocycles. The molecule has 1 fully saturated rings. The highest BCUT2D eigenvalue weighted by Gasteiger charge is 2.27. The number of anilines is 1. The van der Waals surface area contributed by atoms with Gasteiger partial charge >= 0.3 is 6.09 Å². The Kier molecular flexibility index (Phi) is 4.57. The van der Waals surface area contributed by atoms with Crippen molar-refractivity contribution in [2.75, 3.05) is 31.1 Å². The number of piperazine rings is 1. The molecule has 130 valence electrons. The lowest BCUT2D eigenvalue weighted by atomic mass is 10.2. The van der Waals surface area contributed by atoms with E-state index < -0.39 is 5.60 Å². The standard InChI is InChI=1S/C16H21ClN4O2S/c1-10-9-11-12(18-14(17)19-13(11)24-10)20-5-7-21(8-6-20)15(22)23-16(2,3)4/h9H,5-8H2,1-4H3. The molecule has 1 saturated heterocycles. The van der Waals surface area contributed by atoms with E-state index in [-0.39, 0.29) is 11.4 Å². The van der Waals surface area contributed by atoms with Crippen molar-refractivity contribution in [3.05, 3.63) is 16.2 Å². The molecule has 6 nitrogen and oxygen atoms in total. The number of rotatable bonds is 1. The minimum absolute atomic E-state index is 0.258. The zero-order valence-corrected chi connectivity index (χ0v) is 15.9. The summed E-state index contributed by atoms with van der Waals surface area (Å²) in [7, 11) is 0. The van der Waals surface area contributed by atoms with E-state index in [1.54, 1.807) is 16.2 Å². The van der Waals surface area contributed by atoms with E-state index in [0.29, 0.717) is 26.2 Å². The van der Waals surface area contributed by atoms with Crippen LogP contribution >= 0.6 is 22.9 Å². The van der Waals surface area contributed by atoms with Crippen LogP contribution in [0.3, 0.4) is 0 Å². The minimum Gasteiger partial charge on any atom is -0.444 e. The number of thiophene rings is 1. The van der Waals surface area contributed by atoms with Crippen LogP contribution in [0.15, 0.2) is 6.07 Å². The van der Waals surface area contributed by atoms with Gasteiger partial charge in [-0.1, -0.05) is 0 Å². The van der Waals surface area contributed by atoms with Crippen molar-refractivity contribution >= 4 is 45.1 Å². The summed E-state index contributed by atoms with van der Waals surface area (Å²) in [4.78, 5) is 26.9. The molecule has 3 rings (SSSR count). The van der Waals surface area contributed by atoms with E-state index in [1.165, 1.54) is 4.88 Å². The number of ether oxygens (including phenoxy) is 1. The number of amides is 1. The molecule has 0 N–H and O–H groups in total. The molecule has 0 aliphatic carbocycles. The Morgan fingerprint density at radius 2 is 1.92 bits per heavy atom. The van der Waals surface area contributed by atoms with Crippen molar-refractivity contribution in [2.24, 2.45) is 0 Å². The highest BCUT2D eigenvalue weighted by atomic mass is 35.5. The largest absolute Gasteiger partial charge is 0.444 e. The van der Waals surface area contributed by atoms with E-state index >= 15 is 0 Å². The number of hydrogen-bond donors (Lipinski definition) is 0. The van der Waals surface area contributed by atoms with Gasteiger partial charge < -0.3 is 14.5 Å². The Morgan fingerprint density at radius 1 is 1.25 bits per heavy atom. The van der Waals surface area contributed by atoms with Gasteiger partial charge in [0.25, 0.3) is 0 Å². The van der Waals surface area contributed by atoms with E-state index in [4.69, 9.17) is 16.3 Å². The number of halogens is 1. The first-order chi connectivity index (χ1) is 11.2. The smallest absolute Gasteiger partial charge is 0.410 e. The maximum absolute atomic E-state index is 12.2. The van der Waals surface area contributed by atoms with Crippen LogP contribution in [0, 0.1) is 6.92 Å². The number of carbonyl (C=O) groups excluding carboxylic acids is 1. The zero-order chi connectivity index (χ0) is 17.5. The molecule has 1 amide bonds. The molecule has 0 radical (unpaired) electrons. The molecule has 1 aliphatic rings.